The summed E-state index contributed by atoms with van der Waals surface area (Å²) in [5.74, 6) is -1.17. The van der Waals surface area contributed by atoms with E-state index in [1.54, 1.807) is 12.1 Å². The molecule has 3 aromatic carbocycles. The van der Waals surface area contributed by atoms with Crippen molar-refractivity contribution in [2.24, 2.45) is 11.8 Å². The van der Waals surface area contributed by atoms with Gasteiger partial charge in [-0.2, -0.15) is 0 Å². The largest absolute Gasteiger partial charge is 0.212 e. The average Bonchev–Trinajstić information content (AvgIpc) is 2.90. The van der Waals surface area contributed by atoms with Gasteiger partial charge in [0, 0.05) is 17.0 Å². The van der Waals surface area contributed by atoms with Gasteiger partial charge in [0.2, 0.25) is 0 Å². The lowest BCUT2D eigenvalue weighted by Gasteiger charge is -2.24. The molecule has 36 heavy (non-hydrogen) atoms. The number of hydrogen-bond donors (Lipinski definition) is 0. The minimum Gasteiger partial charge on any atom is -0.212 e. The van der Waals surface area contributed by atoms with Gasteiger partial charge in [-0.25, -0.2) is 13.2 Å². The van der Waals surface area contributed by atoms with E-state index in [0.29, 0.717) is 11.1 Å². The van der Waals surface area contributed by atoms with Gasteiger partial charge in [0.05, 0.1) is 5.83 Å². The molecule has 3 heteroatoms. The van der Waals surface area contributed by atoms with Crippen molar-refractivity contribution < 1.29 is 13.2 Å². The van der Waals surface area contributed by atoms with Gasteiger partial charge in [0.15, 0.2) is 11.6 Å². The molecule has 1 aliphatic carbocycles. The topological polar surface area (TPSA) is 0 Å². The minimum absolute atomic E-state index is 0.0768. The van der Waals surface area contributed by atoms with Crippen molar-refractivity contribution in [3.8, 4) is 22.3 Å². The number of rotatable bonds is 10. The van der Waals surface area contributed by atoms with Crippen molar-refractivity contribution in [3.05, 3.63) is 95.3 Å². The summed E-state index contributed by atoms with van der Waals surface area (Å²) in [6.07, 6.45) is 10.7. The lowest BCUT2D eigenvalue weighted by atomic mass is 9.82. The third kappa shape index (κ3) is 6.30. The second-order valence-electron chi connectivity index (χ2n) is 10.2. The zero-order valence-corrected chi connectivity index (χ0v) is 21.5. The molecule has 2 unspecified atom stereocenters. The molecule has 0 bridgehead atoms. The number of halogens is 3. The van der Waals surface area contributed by atoms with Crippen LogP contribution >= 0.6 is 0 Å². The van der Waals surface area contributed by atoms with E-state index < -0.39 is 11.6 Å². The van der Waals surface area contributed by atoms with Gasteiger partial charge >= 0.3 is 0 Å². The highest BCUT2D eigenvalue weighted by molar-refractivity contribution is 5.72. The fraction of sp³-hybridized carbons (Fsp3) is 0.394. The van der Waals surface area contributed by atoms with Gasteiger partial charge in [-0.1, -0.05) is 93.8 Å². The molecule has 3 aromatic rings. The van der Waals surface area contributed by atoms with Crippen LogP contribution in [0.2, 0.25) is 0 Å². The molecule has 0 aromatic heterocycles. The van der Waals surface area contributed by atoms with Gasteiger partial charge in [0.25, 0.3) is 0 Å². The Morgan fingerprint density at radius 2 is 1.19 bits per heavy atom. The Hall–Kier alpha value is -2.81. The van der Waals surface area contributed by atoms with Crippen molar-refractivity contribution in [1.29, 1.82) is 0 Å². The highest BCUT2D eigenvalue weighted by Crippen LogP contribution is 2.35. The van der Waals surface area contributed by atoms with Crippen LogP contribution in [0.4, 0.5) is 13.2 Å². The molecule has 190 valence electrons. The number of hydrogen-bond acceptors (Lipinski definition) is 0. The fourth-order valence-electron chi connectivity index (χ4n) is 5.30. The van der Waals surface area contributed by atoms with Crippen LogP contribution < -0.4 is 0 Å². The lowest BCUT2D eigenvalue weighted by molar-refractivity contribution is 0.334. The monoisotopic (exact) mass is 490 g/mol. The number of allylic oxidation sites excluding steroid dienone is 2. The van der Waals surface area contributed by atoms with Crippen LogP contribution in [-0.4, -0.2) is 0 Å². The number of aryl methyl sites for hydroxylation is 2. The van der Waals surface area contributed by atoms with E-state index in [-0.39, 0.29) is 28.8 Å². The number of unbranched alkanes of at least 4 members (excludes halogenated alkanes) is 1. The molecule has 2 atom stereocenters. The first kappa shape index (κ1) is 26.3. The van der Waals surface area contributed by atoms with Gasteiger partial charge in [-0.15, -0.1) is 0 Å². The Bertz CT molecular complexity index is 1160. The van der Waals surface area contributed by atoms with Crippen molar-refractivity contribution in [2.45, 2.75) is 71.6 Å². The molecule has 4 rings (SSSR count). The first-order valence-electron chi connectivity index (χ1n) is 13.5. The van der Waals surface area contributed by atoms with Crippen LogP contribution in [-0.2, 0) is 12.8 Å². The Morgan fingerprint density at radius 1 is 0.639 bits per heavy atom. The Labute approximate surface area is 214 Å². The Morgan fingerprint density at radius 3 is 1.69 bits per heavy atom. The molecule has 0 nitrogen and oxygen atoms in total. The lowest BCUT2D eigenvalue weighted by Crippen LogP contribution is -2.13. The van der Waals surface area contributed by atoms with E-state index in [0.717, 1.165) is 63.4 Å². The van der Waals surface area contributed by atoms with E-state index in [1.807, 2.05) is 54.6 Å². The zero-order chi connectivity index (χ0) is 25.5. The molecule has 0 radical (unpaired) electrons. The normalized spacial score (nSPS) is 17.8. The summed E-state index contributed by atoms with van der Waals surface area (Å²) in [6.45, 7) is 4.26. The molecule has 0 fully saturated rings. The maximum Gasteiger partial charge on any atom is 0.167 e. The summed E-state index contributed by atoms with van der Waals surface area (Å²) in [5, 5.41) is 0. The molecular formula is C33H37F3. The summed E-state index contributed by atoms with van der Waals surface area (Å²) in [7, 11) is 0. The van der Waals surface area contributed by atoms with Gasteiger partial charge in [-0.05, 0) is 72.8 Å². The van der Waals surface area contributed by atoms with Gasteiger partial charge in [-0.3, -0.25) is 0 Å². The molecule has 0 spiro atoms. The molecule has 0 aliphatic heterocycles. The first-order chi connectivity index (χ1) is 17.5. The summed E-state index contributed by atoms with van der Waals surface area (Å²) in [4.78, 5) is 0. The van der Waals surface area contributed by atoms with Gasteiger partial charge in [0.1, 0.15) is 0 Å². The highest BCUT2D eigenvalue weighted by atomic mass is 19.2. The van der Waals surface area contributed by atoms with Gasteiger partial charge < -0.3 is 0 Å². The molecular weight excluding hydrogens is 453 g/mol. The predicted octanol–water partition coefficient (Wildman–Crippen LogP) is 10.3. The molecule has 0 N–H and O–H groups in total. The second-order valence-corrected chi connectivity index (χ2v) is 10.2. The Balaban J connectivity index is 1.41. The summed E-state index contributed by atoms with van der Waals surface area (Å²) >= 11 is 0. The van der Waals surface area contributed by atoms with E-state index in [4.69, 9.17) is 0 Å². The summed E-state index contributed by atoms with van der Waals surface area (Å²) in [6, 6.07) is 18.6. The van der Waals surface area contributed by atoms with Crippen molar-refractivity contribution in [3.63, 3.8) is 0 Å². The van der Waals surface area contributed by atoms with E-state index >= 15 is 8.78 Å². The maximum absolute atomic E-state index is 15.1. The van der Waals surface area contributed by atoms with Crippen LogP contribution in [0.5, 0.6) is 0 Å². The fourth-order valence-corrected chi connectivity index (χ4v) is 5.30. The van der Waals surface area contributed by atoms with Crippen LogP contribution in [0.1, 0.15) is 69.9 Å². The third-order valence-electron chi connectivity index (χ3n) is 7.53. The average molecular weight is 491 g/mol. The quantitative estimate of drug-likeness (QED) is 0.265. The van der Waals surface area contributed by atoms with Crippen LogP contribution in [0.15, 0.2) is 72.6 Å². The summed E-state index contributed by atoms with van der Waals surface area (Å²) in [5.41, 5.74) is 4.20. The SMILES string of the molecule is CCCCC1CCC(CCc2ccc(-c3ccc(-c4ccc(CCC)cc4)c(F)c3F)cc2)C=C1F. The molecule has 0 saturated heterocycles. The van der Waals surface area contributed by atoms with Crippen LogP contribution in [0, 0.1) is 23.5 Å². The highest BCUT2D eigenvalue weighted by Gasteiger charge is 2.22. The van der Waals surface area contributed by atoms with Crippen molar-refractivity contribution in [2.75, 3.05) is 0 Å². The van der Waals surface area contributed by atoms with E-state index in [9.17, 15) is 4.39 Å². The standard InChI is InChI=1S/C33H37F3/c1-3-5-7-28-19-14-25(22-31(28)34)9-8-24-12-17-27(18-13-24)30-21-20-29(32(35)33(30)36)26-15-10-23(6-4-2)11-16-26/h10-13,15-18,20-22,25,28H,3-9,14,19H2,1-2H3. The number of benzene rings is 3. The van der Waals surface area contributed by atoms with E-state index in [2.05, 4.69) is 13.8 Å². The van der Waals surface area contributed by atoms with Crippen LogP contribution in [0.3, 0.4) is 0 Å². The molecule has 0 heterocycles. The Kier molecular flexibility index (Phi) is 9.07. The van der Waals surface area contributed by atoms with Crippen molar-refractivity contribution in [1.82, 2.24) is 0 Å². The minimum atomic E-state index is -0.821. The molecule has 0 saturated carbocycles. The summed E-state index contributed by atoms with van der Waals surface area (Å²) < 4.78 is 44.5. The van der Waals surface area contributed by atoms with Crippen molar-refractivity contribution >= 4 is 0 Å². The third-order valence-corrected chi connectivity index (χ3v) is 7.53. The van der Waals surface area contributed by atoms with E-state index in [1.165, 1.54) is 5.56 Å². The smallest absolute Gasteiger partial charge is 0.167 e. The predicted molar refractivity (Wildman–Crippen MR) is 144 cm³/mol. The first-order valence-corrected chi connectivity index (χ1v) is 13.5. The van der Waals surface area contributed by atoms with Crippen LogP contribution in [0.25, 0.3) is 22.3 Å². The maximum atomic E-state index is 15.1. The zero-order valence-electron chi connectivity index (χ0n) is 21.5. The molecule has 1 aliphatic rings. The second kappa shape index (κ2) is 12.4. The molecule has 0 amide bonds.